The lowest BCUT2D eigenvalue weighted by Crippen LogP contribution is -2.46. The second kappa shape index (κ2) is 10.6. The van der Waals surface area contributed by atoms with Gasteiger partial charge in [0, 0.05) is 18.2 Å². The number of carbonyl (C=O) groups excluding carboxylic acids is 2. The first kappa shape index (κ1) is 25.5. The van der Waals surface area contributed by atoms with E-state index in [0.717, 1.165) is 11.1 Å². The molecule has 3 heterocycles. The fourth-order valence-corrected chi connectivity index (χ4v) is 4.25. The highest BCUT2D eigenvalue weighted by molar-refractivity contribution is 6.32. The molecule has 0 spiro atoms. The smallest absolute Gasteiger partial charge is 0.273 e. The Labute approximate surface area is 214 Å². The van der Waals surface area contributed by atoms with E-state index in [1.165, 1.54) is 11.1 Å². The van der Waals surface area contributed by atoms with Crippen LogP contribution < -0.4 is 10.6 Å². The molecule has 1 aromatic carbocycles. The zero-order valence-corrected chi connectivity index (χ0v) is 21.4. The van der Waals surface area contributed by atoms with Crippen LogP contribution in [0.25, 0.3) is 11.4 Å². The van der Waals surface area contributed by atoms with Crippen LogP contribution >= 0.6 is 11.6 Å². The third-order valence-corrected chi connectivity index (χ3v) is 6.25. The van der Waals surface area contributed by atoms with Gasteiger partial charge in [0.15, 0.2) is 0 Å². The van der Waals surface area contributed by atoms with Crippen molar-refractivity contribution in [2.24, 2.45) is 0 Å². The second-order valence-corrected chi connectivity index (χ2v) is 9.57. The summed E-state index contributed by atoms with van der Waals surface area (Å²) in [6, 6.07) is 9.93. The molecule has 3 aromatic rings. The van der Waals surface area contributed by atoms with Crippen LogP contribution in [-0.4, -0.2) is 55.5 Å². The molecule has 1 aliphatic heterocycles. The van der Waals surface area contributed by atoms with Gasteiger partial charge in [-0.05, 0) is 39.3 Å². The Balaban J connectivity index is 1.52. The Morgan fingerprint density at radius 1 is 1.17 bits per heavy atom. The van der Waals surface area contributed by atoms with Crippen LogP contribution in [0.3, 0.4) is 0 Å². The van der Waals surface area contributed by atoms with Crippen molar-refractivity contribution in [1.29, 1.82) is 0 Å². The lowest BCUT2D eigenvalue weighted by molar-refractivity contribution is -0.126. The molecule has 4 rings (SSSR count). The van der Waals surface area contributed by atoms with E-state index >= 15 is 0 Å². The van der Waals surface area contributed by atoms with Crippen LogP contribution in [0.2, 0.25) is 5.02 Å². The number of hydrogen-bond donors (Lipinski definition) is 3. The Kier molecular flexibility index (Phi) is 7.51. The number of aliphatic hydroxyl groups is 1. The maximum absolute atomic E-state index is 13.2. The largest absolute Gasteiger partial charge is 0.394 e. The summed E-state index contributed by atoms with van der Waals surface area (Å²) >= 11 is 6.34. The Bertz CT molecular complexity index is 1300. The van der Waals surface area contributed by atoms with Gasteiger partial charge in [-0.15, -0.1) is 0 Å². The summed E-state index contributed by atoms with van der Waals surface area (Å²) in [5.41, 5.74) is 3.66. The number of nitrogens with zero attached hydrogens (tertiary/aromatic N) is 4. The molecule has 0 fully saturated rings. The van der Waals surface area contributed by atoms with Gasteiger partial charge in [0.05, 0.1) is 29.6 Å². The summed E-state index contributed by atoms with van der Waals surface area (Å²) in [4.78, 5) is 40.9. The maximum Gasteiger partial charge on any atom is 0.273 e. The van der Waals surface area contributed by atoms with Crippen LogP contribution in [0.1, 0.15) is 54.0 Å². The number of rotatable bonds is 8. The molecule has 0 saturated heterocycles. The van der Waals surface area contributed by atoms with Crippen LogP contribution in [0, 0.1) is 6.92 Å². The normalized spacial score (nSPS) is 14.5. The van der Waals surface area contributed by atoms with Crippen LogP contribution in [0.5, 0.6) is 0 Å². The molecular weight excluding hydrogens is 480 g/mol. The first-order chi connectivity index (χ1) is 17.2. The predicted molar refractivity (Wildman–Crippen MR) is 138 cm³/mol. The van der Waals surface area contributed by atoms with Gasteiger partial charge in [-0.3, -0.25) is 9.59 Å². The zero-order chi connectivity index (χ0) is 26.0. The summed E-state index contributed by atoms with van der Waals surface area (Å²) in [6.45, 7) is 7.55. The minimum Gasteiger partial charge on any atom is -0.394 e. The van der Waals surface area contributed by atoms with Gasteiger partial charge < -0.3 is 20.6 Å². The summed E-state index contributed by atoms with van der Waals surface area (Å²) in [5, 5.41) is 16.2. The molecule has 10 heteroatoms. The average molecular weight is 509 g/mol. The minimum atomic E-state index is -0.765. The monoisotopic (exact) mass is 508 g/mol. The number of anilines is 1. The first-order valence-electron chi connectivity index (χ1n) is 11.8. The molecule has 0 saturated carbocycles. The molecule has 2 atom stereocenters. The van der Waals surface area contributed by atoms with E-state index in [9.17, 15) is 14.7 Å². The molecule has 2 aromatic heterocycles. The highest BCUT2D eigenvalue weighted by Crippen LogP contribution is 2.30. The van der Waals surface area contributed by atoms with Crippen LogP contribution in [0.15, 0.2) is 42.6 Å². The fraction of sp³-hybridized carbons (Fsp3) is 0.346. The molecule has 2 amide bonds. The van der Waals surface area contributed by atoms with Crippen molar-refractivity contribution in [3.8, 4) is 11.4 Å². The molecular formula is C26H29ClN6O3. The number of fused-ring (bicyclic) bond motifs is 1. The van der Waals surface area contributed by atoms with E-state index in [1.807, 2.05) is 45.0 Å². The number of aromatic nitrogens is 3. The van der Waals surface area contributed by atoms with Crippen LogP contribution in [-0.2, 0) is 11.3 Å². The second-order valence-electron chi connectivity index (χ2n) is 9.16. The van der Waals surface area contributed by atoms with Crippen molar-refractivity contribution in [1.82, 2.24) is 25.2 Å². The lowest BCUT2D eigenvalue weighted by Gasteiger charge is -2.26. The number of pyridine rings is 1. The van der Waals surface area contributed by atoms with E-state index in [0.29, 0.717) is 27.9 Å². The van der Waals surface area contributed by atoms with Crippen LogP contribution in [0.4, 0.5) is 5.95 Å². The van der Waals surface area contributed by atoms with Gasteiger partial charge in [0.25, 0.3) is 5.91 Å². The molecule has 1 aliphatic rings. The highest BCUT2D eigenvalue weighted by Gasteiger charge is 2.36. The lowest BCUT2D eigenvalue weighted by atomic mass is 10.0. The molecule has 0 bridgehead atoms. The van der Waals surface area contributed by atoms with Crippen molar-refractivity contribution < 1.29 is 14.7 Å². The Hall–Kier alpha value is -3.56. The number of halogens is 1. The van der Waals surface area contributed by atoms with E-state index in [2.05, 4.69) is 25.6 Å². The topological polar surface area (TPSA) is 120 Å². The van der Waals surface area contributed by atoms with Crippen molar-refractivity contribution in [3.63, 3.8) is 0 Å². The Morgan fingerprint density at radius 2 is 1.94 bits per heavy atom. The maximum atomic E-state index is 13.2. The number of aliphatic hydroxyl groups excluding tert-OH is 1. The summed E-state index contributed by atoms with van der Waals surface area (Å²) in [6.07, 6.45) is 1.50. The average Bonchev–Trinajstić information content (AvgIpc) is 3.18. The molecule has 3 N–H and O–H groups in total. The third kappa shape index (κ3) is 5.32. The zero-order valence-electron chi connectivity index (χ0n) is 20.6. The third-order valence-electron chi connectivity index (χ3n) is 5.98. The van der Waals surface area contributed by atoms with E-state index in [1.54, 1.807) is 19.1 Å². The first-order valence-corrected chi connectivity index (χ1v) is 12.1. The Morgan fingerprint density at radius 3 is 2.64 bits per heavy atom. The quantitative estimate of drug-likeness (QED) is 0.425. The molecule has 188 valence electrons. The molecule has 2 unspecified atom stereocenters. The molecule has 0 radical (unpaired) electrons. The minimum absolute atomic E-state index is 0.131. The SMILES string of the molecule is Cc1cccc(C(CO)NC(=O)C(C)N2Cc3ccc(-c4nc(NC(C)C)ncc4Cl)nc3C2=O)c1. The van der Waals surface area contributed by atoms with E-state index in [4.69, 9.17) is 11.6 Å². The number of amides is 2. The van der Waals surface area contributed by atoms with Gasteiger partial charge in [-0.1, -0.05) is 47.5 Å². The number of nitrogens with one attached hydrogen (secondary N) is 2. The van der Waals surface area contributed by atoms with Gasteiger partial charge in [-0.2, -0.15) is 0 Å². The van der Waals surface area contributed by atoms with Gasteiger partial charge in [0.1, 0.15) is 17.4 Å². The summed E-state index contributed by atoms with van der Waals surface area (Å²) in [5.74, 6) is -0.298. The van der Waals surface area contributed by atoms with Gasteiger partial charge in [-0.25, -0.2) is 15.0 Å². The number of carbonyl (C=O) groups is 2. The number of hydrogen-bond acceptors (Lipinski definition) is 7. The standard InChI is InChI=1S/C26H29ClN6O3/c1-14(2)29-26-28-11-19(27)23(32-26)20-9-8-18-12-33(25(36)22(18)30-20)16(4)24(35)31-21(13-34)17-7-5-6-15(3)10-17/h5-11,14,16,21,34H,12-13H2,1-4H3,(H,31,35)(H,28,29,32). The van der Waals surface area contributed by atoms with E-state index in [-0.39, 0.29) is 36.7 Å². The van der Waals surface area contributed by atoms with Gasteiger partial charge >= 0.3 is 0 Å². The van der Waals surface area contributed by atoms with Crippen molar-refractivity contribution in [3.05, 3.63) is 70.0 Å². The number of aryl methyl sites for hydroxylation is 1. The van der Waals surface area contributed by atoms with Crippen molar-refractivity contribution >= 4 is 29.4 Å². The van der Waals surface area contributed by atoms with Crippen molar-refractivity contribution in [2.75, 3.05) is 11.9 Å². The number of benzene rings is 1. The van der Waals surface area contributed by atoms with Crippen molar-refractivity contribution in [2.45, 2.75) is 52.4 Å². The molecule has 36 heavy (non-hydrogen) atoms. The molecule has 9 nitrogen and oxygen atoms in total. The fourth-order valence-electron chi connectivity index (χ4n) is 4.07. The summed E-state index contributed by atoms with van der Waals surface area (Å²) < 4.78 is 0. The highest BCUT2D eigenvalue weighted by atomic mass is 35.5. The molecule has 0 aliphatic carbocycles. The predicted octanol–water partition coefficient (Wildman–Crippen LogP) is 3.51. The van der Waals surface area contributed by atoms with E-state index < -0.39 is 12.1 Å². The van der Waals surface area contributed by atoms with Gasteiger partial charge in [0.2, 0.25) is 11.9 Å². The summed E-state index contributed by atoms with van der Waals surface area (Å²) in [7, 11) is 0.